The molecule has 7 heteroatoms. The first-order chi connectivity index (χ1) is 10.6. The van der Waals surface area contributed by atoms with Gasteiger partial charge in [0, 0.05) is 30.6 Å². The van der Waals surface area contributed by atoms with Crippen LogP contribution in [0.15, 0.2) is 24.1 Å². The number of fused-ring (bicyclic) bond motifs is 1. The van der Waals surface area contributed by atoms with E-state index in [2.05, 4.69) is 38.7 Å². The van der Waals surface area contributed by atoms with Crippen molar-refractivity contribution in [3.8, 4) is 0 Å². The summed E-state index contributed by atoms with van der Waals surface area (Å²) in [6.07, 6.45) is 4.12. The fourth-order valence-electron chi connectivity index (χ4n) is 2.71. The molecule has 118 valence electrons. The molecule has 0 spiro atoms. The Labute approximate surface area is 134 Å². The van der Waals surface area contributed by atoms with Gasteiger partial charge in [-0.1, -0.05) is 0 Å². The van der Waals surface area contributed by atoms with Crippen molar-refractivity contribution in [3.05, 3.63) is 34.5 Å². The minimum atomic E-state index is -0.334. The lowest BCUT2D eigenvalue weighted by molar-refractivity contribution is -0.124. The maximum absolute atomic E-state index is 12.2. The first-order valence-electron chi connectivity index (χ1n) is 7.56. The molecule has 0 aromatic carbocycles. The minimum absolute atomic E-state index is 0.0226. The van der Waals surface area contributed by atoms with Crippen LogP contribution in [0, 0.1) is 0 Å². The number of aromatic nitrogens is 3. The van der Waals surface area contributed by atoms with Gasteiger partial charge in [0.05, 0.1) is 0 Å². The van der Waals surface area contributed by atoms with E-state index in [0.29, 0.717) is 12.6 Å². The van der Waals surface area contributed by atoms with Gasteiger partial charge in [0.2, 0.25) is 5.91 Å². The van der Waals surface area contributed by atoms with Gasteiger partial charge in [-0.3, -0.25) is 9.69 Å². The minimum Gasteiger partial charge on any atom is -0.353 e. The van der Waals surface area contributed by atoms with E-state index in [-0.39, 0.29) is 11.9 Å². The Kier molecular flexibility index (Phi) is 4.54. The normalized spacial score (nSPS) is 17.7. The molecule has 1 aliphatic rings. The van der Waals surface area contributed by atoms with Crippen LogP contribution in [-0.4, -0.2) is 44.7 Å². The summed E-state index contributed by atoms with van der Waals surface area (Å²) < 4.78 is 1.57. The zero-order chi connectivity index (χ0) is 15.5. The van der Waals surface area contributed by atoms with Crippen molar-refractivity contribution in [2.75, 3.05) is 13.1 Å². The van der Waals surface area contributed by atoms with Crippen LogP contribution in [0.25, 0.3) is 0 Å². The van der Waals surface area contributed by atoms with Gasteiger partial charge in [-0.05, 0) is 37.3 Å². The molecule has 0 unspecified atom stereocenters. The molecule has 2 aromatic rings. The Morgan fingerprint density at radius 2 is 2.36 bits per heavy atom. The molecule has 2 atom stereocenters. The van der Waals surface area contributed by atoms with E-state index >= 15 is 0 Å². The first-order valence-corrected chi connectivity index (χ1v) is 8.44. The third kappa shape index (κ3) is 3.20. The topological polar surface area (TPSA) is 63.1 Å². The quantitative estimate of drug-likeness (QED) is 0.906. The summed E-state index contributed by atoms with van der Waals surface area (Å²) in [4.78, 5) is 20.0. The van der Waals surface area contributed by atoms with Gasteiger partial charge in [-0.2, -0.15) is 5.10 Å². The molecule has 1 aliphatic heterocycles. The number of nitrogens with one attached hydrogen (secondary N) is 1. The molecule has 3 heterocycles. The molecule has 3 rings (SSSR count). The highest BCUT2D eigenvalue weighted by Gasteiger charge is 2.22. The Balaban J connectivity index is 1.50. The highest BCUT2D eigenvalue weighted by Crippen LogP contribution is 2.24. The number of carbonyl (C=O) groups is 1. The third-order valence-corrected chi connectivity index (χ3v) is 5.27. The molecule has 1 amide bonds. The number of carbonyl (C=O) groups excluding carboxylic acids is 1. The van der Waals surface area contributed by atoms with Gasteiger partial charge in [0.15, 0.2) is 0 Å². The Morgan fingerprint density at radius 3 is 3.14 bits per heavy atom. The van der Waals surface area contributed by atoms with E-state index in [9.17, 15) is 4.79 Å². The SMILES string of the molecule is C[C@H](C(=O)NC[C@H](C)N1CCc2sccc2C1)n1cncn1. The van der Waals surface area contributed by atoms with Crippen molar-refractivity contribution < 1.29 is 4.79 Å². The number of nitrogens with zero attached hydrogens (tertiary/aromatic N) is 4. The van der Waals surface area contributed by atoms with Gasteiger partial charge < -0.3 is 5.32 Å². The lowest BCUT2D eigenvalue weighted by Crippen LogP contribution is -2.45. The summed E-state index contributed by atoms with van der Waals surface area (Å²) in [6, 6.07) is 2.20. The highest BCUT2D eigenvalue weighted by molar-refractivity contribution is 7.10. The van der Waals surface area contributed by atoms with Crippen LogP contribution in [0.5, 0.6) is 0 Å². The molecule has 0 bridgehead atoms. The van der Waals surface area contributed by atoms with Crippen LogP contribution in [-0.2, 0) is 17.8 Å². The maximum atomic E-state index is 12.2. The Hall–Kier alpha value is -1.73. The summed E-state index contributed by atoms with van der Waals surface area (Å²) in [7, 11) is 0. The summed E-state index contributed by atoms with van der Waals surface area (Å²) in [5.74, 6) is -0.0226. The van der Waals surface area contributed by atoms with Gasteiger partial charge in [0.1, 0.15) is 18.7 Å². The van der Waals surface area contributed by atoms with Crippen LogP contribution < -0.4 is 5.32 Å². The summed E-state index contributed by atoms with van der Waals surface area (Å²) in [5.41, 5.74) is 1.44. The van der Waals surface area contributed by atoms with Gasteiger partial charge in [0.25, 0.3) is 0 Å². The molecule has 0 fully saturated rings. The fourth-order valence-corrected chi connectivity index (χ4v) is 3.60. The number of hydrogen-bond donors (Lipinski definition) is 1. The molecule has 6 nitrogen and oxygen atoms in total. The van der Waals surface area contributed by atoms with E-state index in [1.54, 1.807) is 11.0 Å². The fraction of sp³-hybridized carbons (Fsp3) is 0.533. The predicted molar refractivity (Wildman–Crippen MR) is 85.6 cm³/mol. The van der Waals surface area contributed by atoms with Crippen LogP contribution in [0.4, 0.5) is 0 Å². The van der Waals surface area contributed by atoms with Crippen molar-refractivity contribution in [2.24, 2.45) is 0 Å². The zero-order valence-electron chi connectivity index (χ0n) is 12.9. The van der Waals surface area contributed by atoms with Crippen LogP contribution in [0.2, 0.25) is 0 Å². The molecular weight excluding hydrogens is 298 g/mol. The molecule has 22 heavy (non-hydrogen) atoms. The van der Waals surface area contributed by atoms with Crippen molar-refractivity contribution in [1.29, 1.82) is 0 Å². The predicted octanol–water partition coefficient (Wildman–Crippen LogP) is 1.46. The van der Waals surface area contributed by atoms with Crippen molar-refractivity contribution >= 4 is 17.2 Å². The van der Waals surface area contributed by atoms with Crippen LogP contribution >= 0.6 is 11.3 Å². The Morgan fingerprint density at radius 1 is 1.50 bits per heavy atom. The number of thiophene rings is 1. The second-order valence-electron chi connectivity index (χ2n) is 5.74. The van der Waals surface area contributed by atoms with E-state index in [0.717, 1.165) is 19.5 Å². The van der Waals surface area contributed by atoms with E-state index in [4.69, 9.17) is 0 Å². The summed E-state index contributed by atoms with van der Waals surface area (Å²) in [5, 5.41) is 9.19. The molecule has 0 saturated carbocycles. The molecular formula is C15H21N5OS. The smallest absolute Gasteiger partial charge is 0.244 e. The van der Waals surface area contributed by atoms with Crippen molar-refractivity contribution in [1.82, 2.24) is 25.0 Å². The number of hydrogen-bond acceptors (Lipinski definition) is 5. The van der Waals surface area contributed by atoms with E-state index in [1.165, 1.54) is 16.8 Å². The standard InChI is InChI=1S/C15H21N5OS/c1-11(19-5-3-14-13(8-19)4-6-22-14)7-17-15(21)12(2)20-10-16-9-18-20/h4,6,9-12H,3,5,7-8H2,1-2H3,(H,17,21)/t11-,12+/m0/s1. The molecule has 0 saturated heterocycles. The van der Waals surface area contributed by atoms with E-state index in [1.807, 2.05) is 18.3 Å². The second-order valence-corrected chi connectivity index (χ2v) is 6.74. The average Bonchev–Trinajstić information content (AvgIpc) is 3.21. The molecule has 1 N–H and O–H groups in total. The zero-order valence-corrected chi connectivity index (χ0v) is 13.7. The van der Waals surface area contributed by atoms with Gasteiger partial charge >= 0.3 is 0 Å². The third-order valence-electron chi connectivity index (χ3n) is 4.25. The van der Waals surface area contributed by atoms with E-state index < -0.39 is 0 Å². The highest BCUT2D eigenvalue weighted by atomic mass is 32.1. The lowest BCUT2D eigenvalue weighted by Gasteiger charge is -2.32. The average molecular weight is 319 g/mol. The second kappa shape index (κ2) is 6.58. The largest absolute Gasteiger partial charge is 0.353 e. The first kappa shape index (κ1) is 15.2. The van der Waals surface area contributed by atoms with Crippen LogP contribution in [0.3, 0.4) is 0 Å². The number of rotatable bonds is 5. The molecule has 0 aliphatic carbocycles. The maximum Gasteiger partial charge on any atom is 0.244 e. The monoisotopic (exact) mass is 319 g/mol. The van der Waals surface area contributed by atoms with Crippen molar-refractivity contribution in [3.63, 3.8) is 0 Å². The number of amides is 1. The van der Waals surface area contributed by atoms with Gasteiger partial charge in [-0.15, -0.1) is 11.3 Å². The lowest BCUT2D eigenvalue weighted by atomic mass is 10.1. The Bertz CT molecular complexity index is 624. The van der Waals surface area contributed by atoms with Crippen LogP contribution in [0.1, 0.15) is 30.3 Å². The van der Waals surface area contributed by atoms with Gasteiger partial charge in [-0.25, -0.2) is 9.67 Å². The molecule has 0 radical (unpaired) electrons. The summed E-state index contributed by atoms with van der Waals surface area (Å²) >= 11 is 1.85. The molecule has 2 aromatic heterocycles. The van der Waals surface area contributed by atoms with Crippen molar-refractivity contribution in [2.45, 2.75) is 38.9 Å². The summed E-state index contributed by atoms with van der Waals surface area (Å²) in [6.45, 7) is 6.68.